The molecule has 4 aromatic carbocycles. The van der Waals surface area contributed by atoms with Gasteiger partial charge in [0.15, 0.2) is 11.2 Å². The Morgan fingerprint density at radius 3 is 1.58 bits per heavy atom. The average molecular weight is 734 g/mol. The number of hydrogen-bond acceptors (Lipinski definition) is 11. The largest absolute Gasteiger partial charge is 0.507 e. The lowest BCUT2D eigenvalue weighted by atomic mass is 9.84. The van der Waals surface area contributed by atoms with E-state index < -0.39 is 68.1 Å². The molecule has 0 saturated heterocycles. The van der Waals surface area contributed by atoms with Gasteiger partial charge < -0.3 is 25.4 Å². The summed E-state index contributed by atoms with van der Waals surface area (Å²) < 4.78 is 40.5. The number of carbonyl (C=O) groups excluding carboxylic acids is 4. The first-order chi connectivity index (χ1) is 24.2. The highest BCUT2D eigenvalue weighted by Gasteiger charge is 2.42. The quantitative estimate of drug-likeness (QED) is 0.0833. The molecule has 0 fully saturated rings. The molecule has 52 heavy (non-hydrogen) atoms. The summed E-state index contributed by atoms with van der Waals surface area (Å²) in [6, 6.07) is 22.9. The highest BCUT2D eigenvalue weighted by molar-refractivity contribution is 7.85. The number of esters is 2. The lowest BCUT2D eigenvalue weighted by Crippen LogP contribution is -2.41. The first-order valence-corrected chi connectivity index (χ1v) is 17.1. The number of ketones is 2. The summed E-state index contributed by atoms with van der Waals surface area (Å²) in [5.74, 6) is -5.44. The highest BCUT2D eigenvalue weighted by Crippen LogP contribution is 2.34. The molecule has 0 heterocycles. The summed E-state index contributed by atoms with van der Waals surface area (Å²) in [4.78, 5) is 64.4. The molecule has 5 N–H and O–H groups in total. The molecule has 0 bridgehead atoms. The van der Waals surface area contributed by atoms with Crippen molar-refractivity contribution in [1.29, 1.82) is 0 Å². The van der Waals surface area contributed by atoms with Gasteiger partial charge in [-0.2, -0.15) is 8.42 Å². The fourth-order valence-electron chi connectivity index (χ4n) is 4.70. The molecular weight excluding hydrogens is 694 g/mol. The molecule has 0 saturated carbocycles. The van der Waals surface area contributed by atoms with E-state index >= 15 is 0 Å². The van der Waals surface area contributed by atoms with Crippen molar-refractivity contribution in [3.63, 3.8) is 0 Å². The minimum atomic E-state index is -4.02. The summed E-state index contributed by atoms with van der Waals surface area (Å²) in [7, 11) is -4.02. The SMILES string of the molecule is CC(C)(OC(=O)c1ccccc1)C(=O)c1ccc(C[C@H](N)C(=O)O)c(O)c1C(=O)C(C)(C)OC(=O)c1ccccc1.Cc1ccc(S(=O)(=O)O)cc1. The molecule has 14 heteroatoms. The van der Waals surface area contributed by atoms with Crippen LogP contribution >= 0.6 is 0 Å². The van der Waals surface area contributed by atoms with Gasteiger partial charge in [0.25, 0.3) is 10.1 Å². The van der Waals surface area contributed by atoms with Crippen LogP contribution in [0.15, 0.2) is 102 Å². The topological polar surface area (TPSA) is 225 Å². The number of Topliss-reactive ketones (excluding diaryl/α,β-unsaturated/α-hetero) is 2. The fourth-order valence-corrected chi connectivity index (χ4v) is 5.18. The van der Waals surface area contributed by atoms with Gasteiger partial charge >= 0.3 is 17.9 Å². The van der Waals surface area contributed by atoms with Gasteiger partial charge in [-0.1, -0.05) is 60.2 Å². The van der Waals surface area contributed by atoms with Crippen LogP contribution in [0.25, 0.3) is 0 Å². The first kappa shape index (κ1) is 40.7. The molecule has 1 atom stereocenters. The van der Waals surface area contributed by atoms with Gasteiger partial charge in [0.1, 0.15) is 11.8 Å². The minimum absolute atomic E-state index is 0.0240. The molecule has 0 aliphatic rings. The number of carbonyl (C=O) groups is 5. The van der Waals surface area contributed by atoms with Crippen LogP contribution in [0.5, 0.6) is 5.75 Å². The van der Waals surface area contributed by atoms with Crippen molar-refractivity contribution < 1.29 is 56.6 Å². The smallest absolute Gasteiger partial charge is 0.339 e. The molecule has 4 aromatic rings. The molecule has 0 spiro atoms. The number of nitrogens with two attached hydrogens (primary N) is 1. The van der Waals surface area contributed by atoms with E-state index in [2.05, 4.69) is 0 Å². The monoisotopic (exact) mass is 733 g/mol. The molecule has 0 aliphatic heterocycles. The molecule has 0 unspecified atom stereocenters. The van der Waals surface area contributed by atoms with Gasteiger partial charge in [-0.25, -0.2) is 9.59 Å². The van der Waals surface area contributed by atoms with Crippen molar-refractivity contribution in [2.45, 2.75) is 63.2 Å². The van der Waals surface area contributed by atoms with Gasteiger partial charge in [-0.15, -0.1) is 0 Å². The third-order valence-electron chi connectivity index (χ3n) is 7.62. The van der Waals surface area contributed by atoms with Gasteiger partial charge in [-0.3, -0.25) is 18.9 Å². The lowest BCUT2D eigenvalue weighted by molar-refractivity contribution is -0.138. The number of carboxylic acids is 1. The summed E-state index contributed by atoms with van der Waals surface area (Å²) in [6.45, 7) is 7.08. The second-order valence-electron chi connectivity index (χ2n) is 12.6. The molecule has 0 radical (unpaired) electrons. The van der Waals surface area contributed by atoms with Crippen molar-refractivity contribution in [2.24, 2.45) is 5.73 Å². The van der Waals surface area contributed by atoms with Gasteiger partial charge in [0.05, 0.1) is 21.6 Å². The Balaban J connectivity index is 0.000000564. The molecule has 4 rings (SSSR count). The predicted octanol–water partition coefficient (Wildman–Crippen LogP) is 5.22. The van der Waals surface area contributed by atoms with E-state index in [0.717, 1.165) is 5.56 Å². The van der Waals surface area contributed by atoms with Crippen LogP contribution in [0.1, 0.15) is 80.3 Å². The zero-order valence-corrected chi connectivity index (χ0v) is 29.8. The Morgan fingerprint density at radius 2 is 1.15 bits per heavy atom. The number of phenolic OH excluding ortho intramolecular Hbond substituents is 1. The Bertz CT molecular complexity index is 2060. The van der Waals surface area contributed by atoms with E-state index in [1.54, 1.807) is 48.5 Å². The average Bonchev–Trinajstić information content (AvgIpc) is 3.08. The molecular formula is C38H39NO12S. The Labute approximate surface area is 300 Å². The van der Waals surface area contributed by atoms with Crippen molar-refractivity contribution >= 4 is 39.6 Å². The Morgan fingerprint density at radius 1 is 0.712 bits per heavy atom. The maximum Gasteiger partial charge on any atom is 0.339 e. The van der Waals surface area contributed by atoms with E-state index in [4.69, 9.17) is 19.8 Å². The molecule has 0 aliphatic carbocycles. The third kappa shape index (κ3) is 10.4. The van der Waals surface area contributed by atoms with Crippen LogP contribution in [0.3, 0.4) is 0 Å². The van der Waals surface area contributed by atoms with Crippen LogP contribution in [0.4, 0.5) is 0 Å². The summed E-state index contributed by atoms with van der Waals surface area (Å²) in [6.07, 6.45) is -0.369. The third-order valence-corrected chi connectivity index (χ3v) is 8.49. The number of aliphatic carboxylic acids is 1. The standard InChI is InChI=1S/C31H31NO9.C7H8O3S/c1-30(2,40-28(38)18-11-7-5-8-12-18)25(34)21-16-15-20(17-22(32)27(36)37)24(33)23(21)26(35)31(3,4)41-29(39)19-13-9-6-10-14-19;1-6-2-4-7(5-3-6)11(8,9)10/h5-16,22,33H,17,32H2,1-4H3,(H,36,37);2-5H,1H3,(H,8,9,10)/t22-;/m0./s1. The van der Waals surface area contributed by atoms with E-state index in [9.17, 15) is 42.6 Å². The lowest BCUT2D eigenvalue weighted by Gasteiger charge is -2.28. The van der Waals surface area contributed by atoms with Crippen LogP contribution in [-0.4, -0.2) is 69.9 Å². The van der Waals surface area contributed by atoms with E-state index in [1.165, 1.54) is 76.2 Å². The number of ether oxygens (including phenoxy) is 2. The van der Waals surface area contributed by atoms with E-state index in [1.807, 2.05) is 6.92 Å². The van der Waals surface area contributed by atoms with Crippen molar-refractivity contribution in [1.82, 2.24) is 0 Å². The van der Waals surface area contributed by atoms with Crippen molar-refractivity contribution in [3.8, 4) is 5.75 Å². The molecule has 274 valence electrons. The van der Waals surface area contributed by atoms with E-state index in [0.29, 0.717) is 0 Å². The minimum Gasteiger partial charge on any atom is -0.507 e. The number of hydrogen-bond donors (Lipinski definition) is 4. The predicted molar refractivity (Wildman–Crippen MR) is 189 cm³/mol. The zero-order chi connectivity index (χ0) is 39.0. The fraction of sp³-hybridized carbons (Fsp3) is 0.237. The first-order valence-electron chi connectivity index (χ1n) is 15.7. The van der Waals surface area contributed by atoms with Crippen LogP contribution < -0.4 is 5.73 Å². The van der Waals surface area contributed by atoms with Crippen LogP contribution in [-0.2, 0) is 30.8 Å². The normalized spacial score (nSPS) is 12.1. The van der Waals surface area contributed by atoms with Gasteiger partial charge in [0.2, 0.25) is 11.6 Å². The highest BCUT2D eigenvalue weighted by atomic mass is 32.2. The second-order valence-corrected chi connectivity index (χ2v) is 14.0. The van der Waals surface area contributed by atoms with Gasteiger partial charge in [-0.05, 0) is 82.6 Å². The number of benzene rings is 4. The number of carboxylic acid groups (broad SMARTS) is 1. The van der Waals surface area contributed by atoms with Gasteiger partial charge in [0, 0.05) is 12.0 Å². The Kier molecular flexibility index (Phi) is 13.0. The maximum atomic E-state index is 13.9. The zero-order valence-electron chi connectivity index (χ0n) is 29.0. The molecule has 0 aromatic heterocycles. The van der Waals surface area contributed by atoms with E-state index in [-0.39, 0.29) is 33.6 Å². The summed E-state index contributed by atoms with van der Waals surface area (Å²) >= 11 is 0. The number of aromatic hydroxyl groups is 1. The number of rotatable bonds is 12. The number of phenols is 1. The molecule has 0 amide bonds. The second kappa shape index (κ2) is 16.5. The number of aryl methyl sites for hydroxylation is 1. The molecule has 13 nitrogen and oxygen atoms in total. The van der Waals surface area contributed by atoms with Crippen LogP contribution in [0.2, 0.25) is 0 Å². The van der Waals surface area contributed by atoms with Crippen LogP contribution in [0, 0.1) is 6.92 Å². The Hall–Kier alpha value is -5.70. The summed E-state index contributed by atoms with van der Waals surface area (Å²) in [5, 5.41) is 20.4. The summed E-state index contributed by atoms with van der Waals surface area (Å²) in [5.41, 5.74) is 2.39. The van der Waals surface area contributed by atoms with Crippen molar-refractivity contribution in [2.75, 3.05) is 0 Å². The maximum absolute atomic E-state index is 13.9. The van der Waals surface area contributed by atoms with Crippen molar-refractivity contribution in [3.05, 3.63) is 130 Å².